The Bertz CT molecular complexity index is 860. The van der Waals surface area contributed by atoms with E-state index in [1.807, 2.05) is 12.1 Å². The van der Waals surface area contributed by atoms with Gasteiger partial charge in [0.25, 0.3) is 5.79 Å². The van der Waals surface area contributed by atoms with Crippen LogP contribution in [0.15, 0.2) is 24.0 Å². The molecular weight excluding hydrogens is 336 g/mol. The molecule has 1 saturated carbocycles. The summed E-state index contributed by atoms with van der Waals surface area (Å²) >= 11 is 0. The number of benzene rings is 1. The van der Waals surface area contributed by atoms with Crippen molar-refractivity contribution >= 4 is 5.78 Å². The molecule has 3 aliphatic heterocycles. The van der Waals surface area contributed by atoms with Gasteiger partial charge in [0.15, 0.2) is 29.8 Å². The van der Waals surface area contributed by atoms with Crippen molar-refractivity contribution in [3.05, 3.63) is 29.5 Å². The first kappa shape index (κ1) is 14.9. The van der Waals surface area contributed by atoms with Gasteiger partial charge in [0.05, 0.1) is 0 Å². The van der Waals surface area contributed by atoms with Crippen LogP contribution in [-0.2, 0) is 14.3 Å². The van der Waals surface area contributed by atoms with Gasteiger partial charge >= 0.3 is 0 Å². The summed E-state index contributed by atoms with van der Waals surface area (Å²) in [6, 6.07) is 3.92. The minimum Gasteiger partial charge on any atom is -0.465 e. The molecule has 0 aromatic heterocycles. The Balaban J connectivity index is 1.61. The van der Waals surface area contributed by atoms with Crippen molar-refractivity contribution in [3.8, 4) is 17.2 Å². The van der Waals surface area contributed by atoms with Gasteiger partial charge in [0, 0.05) is 35.5 Å². The van der Waals surface area contributed by atoms with Crippen molar-refractivity contribution < 1.29 is 28.5 Å². The molecule has 1 spiro atoms. The Kier molecular flexibility index (Phi) is 2.72. The minimum atomic E-state index is -1.00. The largest absolute Gasteiger partial charge is 0.465 e. The van der Waals surface area contributed by atoms with E-state index in [0.717, 1.165) is 23.5 Å². The number of carbonyl (C=O) groups is 1. The molecule has 0 amide bonds. The molecule has 0 radical (unpaired) electrons. The van der Waals surface area contributed by atoms with E-state index in [1.54, 1.807) is 6.08 Å². The van der Waals surface area contributed by atoms with Gasteiger partial charge in [0.2, 0.25) is 6.79 Å². The average Bonchev–Trinajstić information content (AvgIpc) is 3.23. The lowest BCUT2D eigenvalue weighted by atomic mass is 9.55. The third kappa shape index (κ3) is 1.64. The summed E-state index contributed by atoms with van der Waals surface area (Å²) < 4.78 is 29.3. The summed E-state index contributed by atoms with van der Waals surface area (Å²) in [7, 11) is 0. The monoisotopic (exact) mass is 356 g/mol. The highest BCUT2D eigenvalue weighted by atomic mass is 16.8. The quantitative estimate of drug-likeness (QED) is 0.712. The Hall–Kier alpha value is -2.21. The lowest BCUT2D eigenvalue weighted by Gasteiger charge is -2.54. The van der Waals surface area contributed by atoms with Gasteiger partial charge < -0.3 is 18.9 Å². The van der Waals surface area contributed by atoms with Crippen molar-refractivity contribution in [1.82, 2.24) is 0 Å². The first-order chi connectivity index (χ1) is 12.6. The highest BCUT2D eigenvalue weighted by molar-refractivity contribution is 5.94. The van der Waals surface area contributed by atoms with Gasteiger partial charge in [-0.1, -0.05) is 13.8 Å². The van der Waals surface area contributed by atoms with Gasteiger partial charge in [-0.25, -0.2) is 0 Å². The molecule has 5 aliphatic rings. The van der Waals surface area contributed by atoms with E-state index >= 15 is 0 Å². The van der Waals surface area contributed by atoms with Crippen LogP contribution >= 0.6 is 0 Å². The minimum absolute atomic E-state index is 0.0865. The van der Waals surface area contributed by atoms with Crippen LogP contribution in [0, 0.1) is 23.7 Å². The van der Waals surface area contributed by atoms with E-state index in [2.05, 4.69) is 13.8 Å². The molecule has 1 aromatic rings. The fourth-order valence-corrected chi connectivity index (χ4v) is 5.55. The molecule has 26 heavy (non-hydrogen) atoms. The van der Waals surface area contributed by atoms with Gasteiger partial charge in [-0.3, -0.25) is 9.53 Å². The average molecular weight is 356 g/mol. The number of ketones is 1. The first-order valence-electron chi connectivity index (χ1n) is 9.24. The van der Waals surface area contributed by atoms with Crippen molar-refractivity contribution in [3.63, 3.8) is 0 Å². The maximum Gasteiger partial charge on any atom is 0.276 e. The van der Waals surface area contributed by atoms with Crippen molar-refractivity contribution in [1.29, 1.82) is 0 Å². The lowest BCUT2D eigenvalue weighted by Crippen LogP contribution is -2.60. The van der Waals surface area contributed by atoms with E-state index in [9.17, 15) is 4.79 Å². The molecule has 6 nitrogen and oxygen atoms in total. The molecule has 1 saturated heterocycles. The van der Waals surface area contributed by atoms with Crippen LogP contribution in [0.2, 0.25) is 0 Å². The SMILES string of the molecule is C[C@@H]1[C@@H]2c3cc4c(cc3O[C@]35OCOC3=CC(=O)[C@H](C[C@H]1C)[C@@H]25)OCO4. The van der Waals surface area contributed by atoms with Crippen LogP contribution in [0.3, 0.4) is 0 Å². The predicted octanol–water partition coefficient (Wildman–Crippen LogP) is 2.97. The van der Waals surface area contributed by atoms with Crippen LogP contribution in [0.4, 0.5) is 0 Å². The van der Waals surface area contributed by atoms with Crippen LogP contribution in [-0.4, -0.2) is 25.2 Å². The molecule has 2 fully saturated rings. The normalized spacial score (nSPS) is 41.4. The van der Waals surface area contributed by atoms with E-state index in [4.69, 9.17) is 23.7 Å². The number of allylic oxidation sites excluding steroid dienone is 1. The first-order valence-corrected chi connectivity index (χ1v) is 9.24. The Morgan fingerprint density at radius 3 is 2.69 bits per heavy atom. The van der Waals surface area contributed by atoms with E-state index in [0.29, 0.717) is 23.3 Å². The molecule has 0 N–H and O–H groups in total. The van der Waals surface area contributed by atoms with E-state index < -0.39 is 5.79 Å². The second-order valence-corrected chi connectivity index (χ2v) is 8.06. The summed E-state index contributed by atoms with van der Waals surface area (Å²) in [6.45, 7) is 4.82. The Morgan fingerprint density at radius 1 is 1.04 bits per heavy atom. The molecule has 0 unspecified atom stereocenters. The van der Waals surface area contributed by atoms with Crippen molar-refractivity contribution in [2.45, 2.75) is 32.0 Å². The van der Waals surface area contributed by atoms with Gasteiger partial charge in [-0.15, -0.1) is 0 Å². The number of fused-ring (bicyclic) bond motifs is 3. The predicted molar refractivity (Wildman–Crippen MR) is 88.7 cm³/mol. The standard InChI is InChI=1S/C20H20O6/c1-9-3-11-13(21)5-17-20(25-8-24-17)19(11)18(10(9)2)12-4-15-16(23-7-22-15)6-14(12)26-20/h4-6,9-11,18-19H,3,7-8H2,1-2H3/t9-,10+,11+,18-,19+,20-/m1/s1. The molecule has 0 bridgehead atoms. The Morgan fingerprint density at radius 2 is 1.85 bits per heavy atom. The highest BCUT2D eigenvalue weighted by Crippen LogP contribution is 2.63. The van der Waals surface area contributed by atoms with E-state index in [1.165, 1.54) is 0 Å². The third-order valence-electron chi connectivity index (χ3n) is 6.94. The number of rotatable bonds is 0. The molecule has 1 aromatic carbocycles. The molecule has 3 heterocycles. The lowest BCUT2D eigenvalue weighted by molar-refractivity contribution is -0.212. The van der Waals surface area contributed by atoms with Crippen LogP contribution in [0.25, 0.3) is 0 Å². The zero-order chi connectivity index (χ0) is 17.6. The van der Waals surface area contributed by atoms with Crippen LogP contribution in [0.1, 0.15) is 31.7 Å². The maximum atomic E-state index is 12.8. The smallest absolute Gasteiger partial charge is 0.276 e. The highest BCUT2D eigenvalue weighted by Gasteiger charge is 2.66. The van der Waals surface area contributed by atoms with Crippen molar-refractivity contribution in [2.24, 2.45) is 23.7 Å². The van der Waals surface area contributed by atoms with Crippen LogP contribution < -0.4 is 14.2 Å². The van der Waals surface area contributed by atoms with Gasteiger partial charge in [-0.05, 0) is 24.3 Å². The summed E-state index contributed by atoms with van der Waals surface area (Å²) in [5, 5.41) is 0. The van der Waals surface area contributed by atoms with Crippen molar-refractivity contribution in [2.75, 3.05) is 13.6 Å². The Labute approximate surface area is 151 Å². The van der Waals surface area contributed by atoms with Crippen LogP contribution in [0.5, 0.6) is 17.2 Å². The second-order valence-electron chi connectivity index (χ2n) is 8.06. The second kappa shape index (κ2) is 4.74. The topological polar surface area (TPSA) is 63.2 Å². The summed E-state index contributed by atoms with van der Waals surface area (Å²) in [6.07, 6.45) is 2.44. The molecule has 6 atom stereocenters. The maximum absolute atomic E-state index is 12.8. The molecule has 6 rings (SSSR count). The molecule has 6 heteroatoms. The summed E-state index contributed by atoms with van der Waals surface area (Å²) in [5.41, 5.74) is 1.08. The fourth-order valence-electron chi connectivity index (χ4n) is 5.55. The zero-order valence-electron chi connectivity index (χ0n) is 14.7. The molecule has 2 aliphatic carbocycles. The van der Waals surface area contributed by atoms with Gasteiger partial charge in [0.1, 0.15) is 5.75 Å². The summed E-state index contributed by atoms with van der Waals surface area (Å²) in [5.74, 6) is 2.54. The fraction of sp³-hybridized carbons (Fsp3) is 0.550. The third-order valence-corrected chi connectivity index (χ3v) is 6.94. The number of carbonyl (C=O) groups excluding carboxylic acids is 1. The number of hydrogen-bond acceptors (Lipinski definition) is 6. The molecular formula is C20H20O6. The molecule has 136 valence electrons. The van der Waals surface area contributed by atoms with Gasteiger partial charge in [-0.2, -0.15) is 0 Å². The zero-order valence-corrected chi connectivity index (χ0v) is 14.7. The summed E-state index contributed by atoms with van der Waals surface area (Å²) in [4.78, 5) is 12.8. The number of ether oxygens (including phenoxy) is 5. The number of hydrogen-bond donors (Lipinski definition) is 0. The van der Waals surface area contributed by atoms with E-state index in [-0.39, 0.29) is 37.1 Å².